The van der Waals surface area contributed by atoms with Gasteiger partial charge in [-0.15, -0.1) is 0 Å². The molecule has 128 valence electrons. The van der Waals surface area contributed by atoms with Crippen LogP contribution in [-0.4, -0.2) is 25.1 Å². The normalized spacial score (nSPS) is 10.6. The predicted octanol–water partition coefficient (Wildman–Crippen LogP) is 3.74. The molecule has 0 radical (unpaired) electrons. The Hall–Kier alpha value is -3.03. The lowest BCUT2D eigenvalue weighted by molar-refractivity contribution is 0.102. The van der Waals surface area contributed by atoms with Gasteiger partial charge in [0.15, 0.2) is 5.88 Å². The monoisotopic (exact) mass is 344 g/mol. The zero-order valence-electron chi connectivity index (χ0n) is 13.6. The number of hydrogen-bond donors (Lipinski definition) is 1. The van der Waals surface area contributed by atoms with E-state index >= 15 is 0 Å². The SMILES string of the molecule is COc1cccc(NC(=O)c2c(OB(F)F)n(C)c3ccccc23)c1. The third-order valence-electron chi connectivity index (χ3n) is 3.81. The lowest BCUT2D eigenvalue weighted by Gasteiger charge is -2.10. The van der Waals surface area contributed by atoms with Crippen molar-refractivity contribution < 1.29 is 22.8 Å². The number of halogens is 2. The molecule has 25 heavy (non-hydrogen) atoms. The third kappa shape index (κ3) is 3.28. The van der Waals surface area contributed by atoms with Gasteiger partial charge in [0.05, 0.1) is 12.6 Å². The van der Waals surface area contributed by atoms with Crippen LogP contribution in [0.5, 0.6) is 11.6 Å². The molecular formula is C17H15BF2N2O3. The molecule has 0 aliphatic rings. The summed E-state index contributed by atoms with van der Waals surface area (Å²) in [6.45, 7) is 0. The van der Waals surface area contributed by atoms with Crippen LogP contribution in [0.2, 0.25) is 0 Å². The highest BCUT2D eigenvalue weighted by Crippen LogP contribution is 2.32. The number of ether oxygens (including phenoxy) is 1. The fourth-order valence-corrected chi connectivity index (χ4v) is 2.71. The van der Waals surface area contributed by atoms with E-state index in [1.807, 2.05) is 0 Å². The Balaban J connectivity index is 2.05. The fraction of sp³-hybridized carbons (Fsp3) is 0.118. The van der Waals surface area contributed by atoms with Gasteiger partial charge in [0.2, 0.25) is 0 Å². The number of carbonyl (C=O) groups is 1. The van der Waals surface area contributed by atoms with Crippen molar-refractivity contribution >= 4 is 30.0 Å². The topological polar surface area (TPSA) is 52.5 Å². The number of rotatable bonds is 5. The number of aryl methyl sites for hydroxylation is 1. The second-order valence-electron chi connectivity index (χ2n) is 5.32. The van der Waals surface area contributed by atoms with Crippen LogP contribution in [0.1, 0.15) is 10.4 Å². The van der Waals surface area contributed by atoms with Crippen LogP contribution in [0.3, 0.4) is 0 Å². The van der Waals surface area contributed by atoms with E-state index in [1.54, 1.807) is 55.6 Å². The Bertz CT molecular complexity index is 927. The summed E-state index contributed by atoms with van der Waals surface area (Å²) < 4.78 is 36.8. The van der Waals surface area contributed by atoms with Crippen molar-refractivity contribution in [1.82, 2.24) is 4.57 Å². The van der Waals surface area contributed by atoms with Gasteiger partial charge in [-0.25, -0.2) is 8.63 Å². The zero-order valence-corrected chi connectivity index (χ0v) is 13.6. The Labute approximate surface area is 143 Å². The molecule has 5 nitrogen and oxygen atoms in total. The molecule has 0 aliphatic heterocycles. The molecule has 0 atom stereocenters. The van der Waals surface area contributed by atoms with Crippen molar-refractivity contribution in [3.05, 3.63) is 54.1 Å². The van der Waals surface area contributed by atoms with E-state index in [0.717, 1.165) is 0 Å². The Morgan fingerprint density at radius 1 is 1.16 bits per heavy atom. The maximum absolute atomic E-state index is 12.8. The largest absolute Gasteiger partial charge is 0.797 e. The molecule has 0 fully saturated rings. The van der Waals surface area contributed by atoms with Gasteiger partial charge in [-0.3, -0.25) is 4.79 Å². The summed E-state index contributed by atoms with van der Waals surface area (Å²) in [6, 6.07) is 13.7. The Morgan fingerprint density at radius 2 is 1.92 bits per heavy atom. The molecule has 1 amide bonds. The highest BCUT2D eigenvalue weighted by Gasteiger charge is 2.28. The highest BCUT2D eigenvalue weighted by atomic mass is 19.2. The Kier molecular flexibility index (Phi) is 4.60. The van der Waals surface area contributed by atoms with E-state index in [1.165, 1.54) is 11.7 Å². The summed E-state index contributed by atoms with van der Waals surface area (Å²) in [6.07, 6.45) is 0. The summed E-state index contributed by atoms with van der Waals surface area (Å²) in [5.41, 5.74) is 1.16. The van der Waals surface area contributed by atoms with Gasteiger partial charge in [-0.05, 0) is 18.2 Å². The minimum absolute atomic E-state index is 0.0567. The molecule has 1 N–H and O–H groups in total. The molecule has 0 aliphatic carbocycles. The first kappa shape index (κ1) is 16.8. The average molecular weight is 344 g/mol. The summed E-state index contributed by atoms with van der Waals surface area (Å²) in [7, 11) is 0.0501. The van der Waals surface area contributed by atoms with Gasteiger partial charge in [0.25, 0.3) is 5.91 Å². The van der Waals surface area contributed by atoms with Gasteiger partial charge in [0, 0.05) is 24.2 Å². The number of para-hydroxylation sites is 1. The summed E-state index contributed by atoms with van der Waals surface area (Å²) in [5, 5.41) is 3.22. The van der Waals surface area contributed by atoms with Crippen LogP contribution in [0.15, 0.2) is 48.5 Å². The first-order chi connectivity index (χ1) is 12.0. The van der Waals surface area contributed by atoms with Gasteiger partial charge in [-0.1, -0.05) is 24.3 Å². The van der Waals surface area contributed by atoms with Crippen molar-refractivity contribution in [2.75, 3.05) is 12.4 Å². The number of methoxy groups -OCH3 is 1. The van der Waals surface area contributed by atoms with E-state index in [-0.39, 0.29) is 11.4 Å². The molecular weight excluding hydrogens is 329 g/mol. The highest BCUT2D eigenvalue weighted by molar-refractivity contribution is 6.36. The van der Waals surface area contributed by atoms with Crippen LogP contribution in [0, 0.1) is 0 Å². The van der Waals surface area contributed by atoms with Crippen molar-refractivity contribution in [3.63, 3.8) is 0 Å². The molecule has 0 saturated carbocycles. The van der Waals surface area contributed by atoms with Crippen LogP contribution >= 0.6 is 0 Å². The molecule has 0 spiro atoms. The van der Waals surface area contributed by atoms with Crippen LogP contribution in [0.4, 0.5) is 14.3 Å². The van der Waals surface area contributed by atoms with Crippen LogP contribution < -0.4 is 14.7 Å². The number of anilines is 1. The molecule has 1 aromatic heterocycles. The van der Waals surface area contributed by atoms with E-state index in [9.17, 15) is 13.4 Å². The Morgan fingerprint density at radius 3 is 2.64 bits per heavy atom. The maximum Gasteiger partial charge on any atom is 0.797 e. The lowest BCUT2D eigenvalue weighted by atomic mass is 10.1. The van der Waals surface area contributed by atoms with Crippen LogP contribution in [-0.2, 0) is 7.05 Å². The molecule has 2 aromatic carbocycles. The number of carbonyl (C=O) groups excluding carboxylic acids is 1. The van der Waals surface area contributed by atoms with Gasteiger partial charge in [0.1, 0.15) is 11.3 Å². The molecule has 1 heterocycles. The predicted molar refractivity (Wildman–Crippen MR) is 92.5 cm³/mol. The number of nitrogens with one attached hydrogen (secondary N) is 1. The molecule has 0 bridgehead atoms. The number of fused-ring (bicyclic) bond motifs is 1. The smallest absolute Gasteiger partial charge is 0.497 e. The second kappa shape index (κ2) is 6.84. The van der Waals surface area contributed by atoms with Gasteiger partial charge >= 0.3 is 7.47 Å². The number of nitrogens with zero attached hydrogens (tertiary/aromatic N) is 1. The lowest BCUT2D eigenvalue weighted by Crippen LogP contribution is -2.17. The van der Waals surface area contributed by atoms with Gasteiger partial charge in [-0.2, -0.15) is 0 Å². The molecule has 0 unspecified atom stereocenters. The molecule has 8 heteroatoms. The first-order valence-electron chi connectivity index (χ1n) is 7.49. The number of benzene rings is 2. The number of hydrogen-bond acceptors (Lipinski definition) is 3. The third-order valence-corrected chi connectivity index (χ3v) is 3.81. The standard InChI is InChI=1S/C17H15BF2N2O3/c1-22-14-9-4-3-8-13(14)15(17(22)25-18(19)20)16(23)21-11-6-5-7-12(10-11)24-2/h3-10H,1-2H3,(H,21,23). The first-order valence-corrected chi connectivity index (χ1v) is 7.49. The second-order valence-corrected chi connectivity index (χ2v) is 5.32. The van der Waals surface area contributed by atoms with Crippen molar-refractivity contribution in [2.24, 2.45) is 7.05 Å². The fourth-order valence-electron chi connectivity index (χ4n) is 2.71. The van der Waals surface area contributed by atoms with E-state index < -0.39 is 13.4 Å². The summed E-state index contributed by atoms with van der Waals surface area (Å²) >= 11 is 0. The maximum atomic E-state index is 12.8. The average Bonchev–Trinajstić information content (AvgIpc) is 2.87. The number of amides is 1. The number of aromatic nitrogens is 1. The summed E-state index contributed by atoms with van der Waals surface area (Å²) in [4.78, 5) is 12.8. The van der Waals surface area contributed by atoms with Crippen molar-refractivity contribution in [3.8, 4) is 11.6 Å². The zero-order chi connectivity index (χ0) is 18.0. The van der Waals surface area contributed by atoms with Crippen LogP contribution in [0.25, 0.3) is 10.9 Å². The quantitative estimate of drug-likeness (QED) is 0.718. The van der Waals surface area contributed by atoms with Gasteiger partial charge < -0.3 is 19.3 Å². The molecule has 3 rings (SSSR count). The minimum atomic E-state index is -3.04. The van der Waals surface area contributed by atoms with E-state index in [2.05, 4.69) is 9.97 Å². The van der Waals surface area contributed by atoms with Crippen molar-refractivity contribution in [2.45, 2.75) is 0 Å². The molecule has 3 aromatic rings. The van der Waals surface area contributed by atoms with E-state index in [0.29, 0.717) is 22.3 Å². The van der Waals surface area contributed by atoms with Crippen molar-refractivity contribution in [1.29, 1.82) is 0 Å². The summed E-state index contributed by atoms with van der Waals surface area (Å²) in [5.74, 6) is -0.155. The molecule has 0 saturated heterocycles. The van der Waals surface area contributed by atoms with E-state index in [4.69, 9.17) is 4.74 Å². The minimum Gasteiger partial charge on any atom is -0.497 e.